The van der Waals surface area contributed by atoms with E-state index in [4.69, 9.17) is 0 Å². The smallest absolute Gasteiger partial charge is 0.115 e. The predicted octanol–water partition coefficient (Wildman–Crippen LogP) is 3.41. The topological polar surface area (TPSA) is 43.7 Å². The highest BCUT2D eigenvalue weighted by molar-refractivity contribution is 5.48. The van der Waals surface area contributed by atoms with Gasteiger partial charge in [0.2, 0.25) is 0 Å². The number of hydrogen-bond donors (Lipinski definition) is 2. The van der Waals surface area contributed by atoms with Crippen LogP contribution < -0.4 is 4.90 Å². The fraction of sp³-hybridized carbons (Fsp3) is 0.647. The summed E-state index contributed by atoms with van der Waals surface area (Å²) in [5.41, 5.74) is 1.09. The van der Waals surface area contributed by atoms with Gasteiger partial charge >= 0.3 is 0 Å². The van der Waals surface area contributed by atoms with E-state index in [0.717, 1.165) is 31.0 Å². The van der Waals surface area contributed by atoms with Crippen molar-refractivity contribution < 1.29 is 10.2 Å². The van der Waals surface area contributed by atoms with Gasteiger partial charge in [0, 0.05) is 25.2 Å². The summed E-state index contributed by atoms with van der Waals surface area (Å²) in [6.07, 6.45) is 5.61. The predicted molar refractivity (Wildman–Crippen MR) is 83.1 cm³/mol. The molecule has 0 saturated heterocycles. The van der Waals surface area contributed by atoms with Crippen LogP contribution in [0, 0.1) is 11.8 Å². The Bertz CT molecular complexity index is 404. The molecule has 1 aliphatic rings. The number of hydrogen-bond acceptors (Lipinski definition) is 3. The second kappa shape index (κ2) is 6.98. The minimum atomic E-state index is -0.164. The van der Waals surface area contributed by atoms with Crippen molar-refractivity contribution in [2.45, 2.75) is 45.1 Å². The average molecular weight is 277 g/mol. The maximum atomic E-state index is 10.2. The highest BCUT2D eigenvalue weighted by atomic mass is 16.3. The van der Waals surface area contributed by atoms with Gasteiger partial charge in [0.25, 0.3) is 0 Å². The van der Waals surface area contributed by atoms with Gasteiger partial charge in [-0.1, -0.05) is 19.8 Å². The van der Waals surface area contributed by atoms with Crippen LogP contribution in [0.2, 0.25) is 0 Å². The van der Waals surface area contributed by atoms with Gasteiger partial charge in [0.05, 0.1) is 6.10 Å². The van der Waals surface area contributed by atoms with Gasteiger partial charge < -0.3 is 15.1 Å². The van der Waals surface area contributed by atoms with Crippen molar-refractivity contribution in [3.8, 4) is 5.75 Å². The molecule has 0 aliphatic heterocycles. The van der Waals surface area contributed by atoms with Crippen molar-refractivity contribution >= 4 is 5.69 Å². The Morgan fingerprint density at radius 3 is 2.55 bits per heavy atom. The van der Waals surface area contributed by atoms with Gasteiger partial charge in [-0.3, -0.25) is 0 Å². The van der Waals surface area contributed by atoms with Crippen LogP contribution >= 0.6 is 0 Å². The number of phenols is 1. The van der Waals surface area contributed by atoms with Crippen LogP contribution in [0.1, 0.15) is 39.0 Å². The summed E-state index contributed by atoms with van der Waals surface area (Å²) in [6.45, 7) is 3.12. The number of phenolic OH excluding ortho intramolecular Hbond substituents is 1. The van der Waals surface area contributed by atoms with E-state index >= 15 is 0 Å². The lowest BCUT2D eigenvalue weighted by molar-refractivity contribution is 0.0499. The molecule has 3 nitrogen and oxygen atoms in total. The van der Waals surface area contributed by atoms with E-state index in [2.05, 4.69) is 18.9 Å². The SMILES string of the molecule is CCCC1CCC(O)C(CN(C)c2ccc(O)cc2)C1. The van der Waals surface area contributed by atoms with E-state index in [1.807, 2.05) is 12.1 Å². The van der Waals surface area contributed by atoms with E-state index < -0.39 is 0 Å². The molecular formula is C17H27NO2. The Hall–Kier alpha value is -1.22. The van der Waals surface area contributed by atoms with Crippen molar-refractivity contribution in [1.82, 2.24) is 0 Å². The van der Waals surface area contributed by atoms with Crippen LogP contribution in [0.15, 0.2) is 24.3 Å². The number of rotatable bonds is 5. The summed E-state index contributed by atoms with van der Waals surface area (Å²) in [4.78, 5) is 2.18. The summed E-state index contributed by atoms with van der Waals surface area (Å²) in [7, 11) is 2.06. The van der Waals surface area contributed by atoms with E-state index in [1.165, 1.54) is 19.3 Å². The van der Waals surface area contributed by atoms with Gasteiger partial charge in [-0.05, 0) is 49.4 Å². The molecule has 3 atom stereocenters. The second-order valence-electron chi connectivity index (χ2n) is 6.19. The van der Waals surface area contributed by atoms with Gasteiger partial charge in [0.1, 0.15) is 5.75 Å². The third-order valence-electron chi connectivity index (χ3n) is 4.55. The van der Waals surface area contributed by atoms with Crippen LogP contribution in [-0.2, 0) is 0 Å². The lowest BCUT2D eigenvalue weighted by Gasteiger charge is -2.36. The van der Waals surface area contributed by atoms with Crippen LogP contribution in [0.4, 0.5) is 5.69 Å². The molecule has 3 heteroatoms. The first kappa shape index (κ1) is 15.2. The standard InChI is InChI=1S/C17H27NO2/c1-3-4-13-5-10-17(20)14(11-13)12-18(2)15-6-8-16(19)9-7-15/h6-9,13-14,17,19-20H,3-5,10-12H2,1-2H3. The summed E-state index contributed by atoms with van der Waals surface area (Å²) in [6, 6.07) is 7.27. The number of aliphatic hydroxyl groups excluding tert-OH is 1. The van der Waals surface area contributed by atoms with Crippen LogP contribution in [0.3, 0.4) is 0 Å². The minimum absolute atomic E-state index is 0.164. The third kappa shape index (κ3) is 3.89. The zero-order chi connectivity index (χ0) is 14.5. The molecule has 0 spiro atoms. The summed E-state index contributed by atoms with van der Waals surface area (Å²) in [5, 5.41) is 19.6. The second-order valence-corrected chi connectivity index (χ2v) is 6.19. The van der Waals surface area contributed by atoms with Crippen molar-refractivity contribution in [3.63, 3.8) is 0 Å². The zero-order valence-electron chi connectivity index (χ0n) is 12.6. The van der Waals surface area contributed by atoms with Crippen LogP contribution in [0.5, 0.6) is 5.75 Å². The lowest BCUT2D eigenvalue weighted by Crippen LogP contribution is -2.37. The first-order chi connectivity index (χ1) is 9.60. The van der Waals surface area contributed by atoms with Gasteiger partial charge in [0.15, 0.2) is 0 Å². The van der Waals surface area contributed by atoms with Crippen LogP contribution in [0.25, 0.3) is 0 Å². The third-order valence-corrected chi connectivity index (χ3v) is 4.55. The first-order valence-corrected chi connectivity index (χ1v) is 7.78. The van der Waals surface area contributed by atoms with Crippen molar-refractivity contribution in [2.75, 3.05) is 18.5 Å². The van der Waals surface area contributed by atoms with Crippen molar-refractivity contribution in [1.29, 1.82) is 0 Å². The fourth-order valence-corrected chi connectivity index (χ4v) is 3.38. The Labute approximate surface area is 122 Å². The Balaban J connectivity index is 1.94. The first-order valence-electron chi connectivity index (χ1n) is 7.78. The monoisotopic (exact) mass is 277 g/mol. The molecule has 0 aromatic heterocycles. The van der Waals surface area contributed by atoms with Crippen LogP contribution in [-0.4, -0.2) is 29.9 Å². The van der Waals surface area contributed by atoms with Gasteiger partial charge in [-0.15, -0.1) is 0 Å². The molecule has 0 heterocycles. The maximum absolute atomic E-state index is 10.2. The summed E-state index contributed by atoms with van der Waals surface area (Å²) >= 11 is 0. The van der Waals surface area contributed by atoms with Gasteiger partial charge in [-0.25, -0.2) is 0 Å². The number of anilines is 1. The molecule has 1 saturated carbocycles. The zero-order valence-corrected chi connectivity index (χ0v) is 12.6. The molecule has 1 aromatic carbocycles. The molecule has 0 bridgehead atoms. The Morgan fingerprint density at radius 1 is 1.20 bits per heavy atom. The minimum Gasteiger partial charge on any atom is -0.508 e. The molecular weight excluding hydrogens is 250 g/mol. The molecule has 112 valence electrons. The van der Waals surface area contributed by atoms with E-state index in [9.17, 15) is 10.2 Å². The number of aromatic hydroxyl groups is 1. The Kier molecular flexibility index (Phi) is 5.30. The molecule has 0 amide bonds. The highest BCUT2D eigenvalue weighted by Crippen LogP contribution is 2.33. The molecule has 20 heavy (non-hydrogen) atoms. The molecule has 1 fully saturated rings. The number of aliphatic hydroxyl groups is 1. The normalized spacial score (nSPS) is 26.4. The van der Waals surface area contributed by atoms with E-state index in [0.29, 0.717) is 11.7 Å². The molecule has 0 radical (unpaired) electrons. The van der Waals surface area contributed by atoms with Crippen molar-refractivity contribution in [3.05, 3.63) is 24.3 Å². The molecule has 1 aromatic rings. The average Bonchev–Trinajstić information content (AvgIpc) is 2.43. The van der Waals surface area contributed by atoms with Gasteiger partial charge in [-0.2, -0.15) is 0 Å². The molecule has 1 aliphatic carbocycles. The lowest BCUT2D eigenvalue weighted by atomic mass is 9.77. The van der Waals surface area contributed by atoms with E-state index in [-0.39, 0.29) is 6.10 Å². The largest absolute Gasteiger partial charge is 0.508 e. The number of nitrogens with zero attached hydrogens (tertiary/aromatic N) is 1. The van der Waals surface area contributed by atoms with E-state index in [1.54, 1.807) is 12.1 Å². The fourth-order valence-electron chi connectivity index (χ4n) is 3.38. The highest BCUT2D eigenvalue weighted by Gasteiger charge is 2.29. The molecule has 2 rings (SSSR count). The Morgan fingerprint density at radius 2 is 1.90 bits per heavy atom. The van der Waals surface area contributed by atoms with Crippen molar-refractivity contribution in [2.24, 2.45) is 11.8 Å². The maximum Gasteiger partial charge on any atom is 0.115 e. The summed E-state index contributed by atoms with van der Waals surface area (Å²) in [5.74, 6) is 1.43. The molecule has 3 unspecified atom stereocenters. The molecule has 2 N–H and O–H groups in total. The number of benzene rings is 1. The summed E-state index contributed by atoms with van der Waals surface area (Å²) < 4.78 is 0. The quantitative estimate of drug-likeness (QED) is 0.867.